The topological polar surface area (TPSA) is 84.6 Å². The summed E-state index contributed by atoms with van der Waals surface area (Å²) >= 11 is 0. The van der Waals surface area contributed by atoms with Crippen molar-refractivity contribution in [2.75, 3.05) is 6.54 Å². The maximum Gasteiger partial charge on any atom is 0.438 e. The summed E-state index contributed by atoms with van der Waals surface area (Å²) in [5.74, 6) is 0. The normalized spacial score (nSPS) is 10.4. The largest absolute Gasteiger partial charge is 0.438 e. The van der Waals surface area contributed by atoms with Crippen molar-refractivity contribution in [1.82, 2.24) is 4.67 Å². The van der Waals surface area contributed by atoms with E-state index in [4.69, 9.17) is 15.0 Å². The van der Waals surface area contributed by atoms with Crippen molar-refractivity contribution < 1.29 is 14.4 Å². The Morgan fingerprint density at radius 2 is 2.22 bits per heavy atom. The first kappa shape index (κ1) is 8.44. The standard InChI is InChI=1S/C3H7N2O3P/c1-2-5(3-4)9(6,7)8/h2H2,1H3,(H2,6,7,8). The van der Waals surface area contributed by atoms with Gasteiger partial charge in [0.2, 0.25) is 0 Å². The third-order valence-electron chi connectivity index (χ3n) is 0.729. The lowest BCUT2D eigenvalue weighted by molar-refractivity contribution is 0.313. The Morgan fingerprint density at radius 1 is 1.78 bits per heavy atom. The van der Waals surface area contributed by atoms with Crippen LogP contribution in [0, 0.1) is 11.5 Å². The number of nitriles is 1. The molecule has 0 fully saturated rings. The summed E-state index contributed by atoms with van der Waals surface area (Å²) < 4.78 is 10.6. The summed E-state index contributed by atoms with van der Waals surface area (Å²) in [5, 5.41) is 8.05. The Morgan fingerprint density at radius 3 is 2.22 bits per heavy atom. The van der Waals surface area contributed by atoms with Gasteiger partial charge in [-0.15, -0.1) is 0 Å². The SMILES string of the molecule is CCN(C#N)P(=O)(O)O. The molecule has 0 aromatic rings. The Hall–Kier alpha value is -0.560. The smallest absolute Gasteiger partial charge is 0.308 e. The maximum absolute atomic E-state index is 10.2. The quantitative estimate of drug-likeness (QED) is 0.325. The van der Waals surface area contributed by atoms with Gasteiger partial charge in [-0.05, 0) is 6.92 Å². The van der Waals surface area contributed by atoms with Gasteiger partial charge in [-0.1, -0.05) is 0 Å². The molecule has 0 saturated heterocycles. The van der Waals surface area contributed by atoms with Crippen LogP contribution in [-0.2, 0) is 4.57 Å². The van der Waals surface area contributed by atoms with E-state index in [-0.39, 0.29) is 6.54 Å². The second-order valence-corrected chi connectivity index (χ2v) is 2.84. The molecular formula is C3H7N2O3P. The minimum Gasteiger partial charge on any atom is -0.308 e. The molecule has 0 aromatic carbocycles. The molecule has 9 heavy (non-hydrogen) atoms. The van der Waals surface area contributed by atoms with Gasteiger partial charge in [0.25, 0.3) is 0 Å². The first-order chi connectivity index (χ1) is 4.02. The monoisotopic (exact) mass is 150 g/mol. The van der Waals surface area contributed by atoms with Crippen molar-refractivity contribution in [3.05, 3.63) is 0 Å². The average Bonchev–Trinajstić information content (AvgIpc) is 1.65. The van der Waals surface area contributed by atoms with E-state index in [0.29, 0.717) is 4.67 Å². The fourth-order valence-electron chi connectivity index (χ4n) is 0.313. The molecule has 52 valence electrons. The Balaban J connectivity index is 4.18. The number of hydrogen-bond donors (Lipinski definition) is 2. The van der Waals surface area contributed by atoms with Crippen LogP contribution in [0.4, 0.5) is 0 Å². The molecular weight excluding hydrogens is 143 g/mol. The second-order valence-electron chi connectivity index (χ2n) is 1.33. The van der Waals surface area contributed by atoms with Crippen LogP contribution in [0.5, 0.6) is 0 Å². The Bertz CT molecular complexity index is 168. The summed E-state index contributed by atoms with van der Waals surface area (Å²) in [6.45, 7) is 1.52. The lowest BCUT2D eigenvalue weighted by Gasteiger charge is -2.12. The third-order valence-corrected chi connectivity index (χ3v) is 1.73. The number of hydrogen-bond acceptors (Lipinski definition) is 2. The second kappa shape index (κ2) is 2.83. The number of nitrogens with zero attached hydrogens (tertiary/aromatic N) is 2. The highest BCUT2D eigenvalue weighted by molar-refractivity contribution is 7.49. The van der Waals surface area contributed by atoms with E-state index in [1.54, 1.807) is 0 Å². The molecule has 6 heteroatoms. The number of rotatable bonds is 2. The van der Waals surface area contributed by atoms with E-state index in [2.05, 4.69) is 0 Å². The van der Waals surface area contributed by atoms with Gasteiger partial charge in [-0.2, -0.15) is 5.26 Å². The fourth-order valence-corrected chi connectivity index (χ4v) is 0.798. The van der Waals surface area contributed by atoms with Gasteiger partial charge >= 0.3 is 7.75 Å². The molecule has 0 aromatic heterocycles. The predicted octanol–water partition coefficient (Wildman–Crippen LogP) is -0.118. The summed E-state index contributed by atoms with van der Waals surface area (Å²) in [4.78, 5) is 16.6. The molecule has 0 saturated carbocycles. The zero-order valence-electron chi connectivity index (χ0n) is 4.85. The van der Waals surface area contributed by atoms with Gasteiger partial charge in [-0.25, -0.2) is 9.24 Å². The summed E-state index contributed by atoms with van der Waals surface area (Å²) in [6.07, 6.45) is 1.36. The molecule has 0 rings (SSSR count). The molecule has 0 aliphatic heterocycles. The van der Waals surface area contributed by atoms with Crippen LogP contribution in [-0.4, -0.2) is 21.0 Å². The van der Waals surface area contributed by atoms with Crippen LogP contribution >= 0.6 is 7.75 Å². The van der Waals surface area contributed by atoms with Gasteiger partial charge < -0.3 is 9.79 Å². The lowest BCUT2D eigenvalue weighted by atomic mass is 10.8. The van der Waals surface area contributed by atoms with Crippen LogP contribution in [0.15, 0.2) is 0 Å². The molecule has 0 amide bonds. The van der Waals surface area contributed by atoms with E-state index in [1.165, 1.54) is 13.1 Å². The zero-order valence-corrected chi connectivity index (χ0v) is 5.75. The first-order valence-corrected chi connectivity index (χ1v) is 3.82. The van der Waals surface area contributed by atoms with Gasteiger partial charge in [-0.3, -0.25) is 0 Å². The van der Waals surface area contributed by atoms with Crippen LogP contribution < -0.4 is 0 Å². The molecule has 0 radical (unpaired) electrons. The van der Waals surface area contributed by atoms with Crippen molar-refractivity contribution in [3.8, 4) is 6.19 Å². The van der Waals surface area contributed by atoms with E-state index < -0.39 is 7.75 Å². The first-order valence-electron chi connectivity index (χ1n) is 2.25. The van der Waals surface area contributed by atoms with E-state index in [9.17, 15) is 4.57 Å². The fraction of sp³-hybridized carbons (Fsp3) is 0.667. The lowest BCUT2D eigenvalue weighted by Crippen LogP contribution is -2.12. The minimum absolute atomic E-state index is 0.0285. The van der Waals surface area contributed by atoms with Crippen LogP contribution in [0.1, 0.15) is 6.92 Å². The summed E-state index contributed by atoms with van der Waals surface area (Å²) in [5.41, 5.74) is 0. The van der Waals surface area contributed by atoms with Gasteiger partial charge in [0, 0.05) is 6.54 Å². The Kier molecular flexibility index (Phi) is 2.65. The molecule has 0 atom stereocenters. The molecule has 0 spiro atoms. The van der Waals surface area contributed by atoms with E-state index in [1.807, 2.05) is 0 Å². The van der Waals surface area contributed by atoms with Crippen LogP contribution in [0.25, 0.3) is 0 Å². The van der Waals surface area contributed by atoms with Crippen LogP contribution in [0.2, 0.25) is 0 Å². The van der Waals surface area contributed by atoms with Gasteiger partial charge in [0.05, 0.1) is 0 Å². The predicted molar refractivity (Wildman–Crippen MR) is 30.0 cm³/mol. The van der Waals surface area contributed by atoms with Crippen molar-refractivity contribution >= 4 is 7.75 Å². The Labute approximate surface area is 52.7 Å². The van der Waals surface area contributed by atoms with Crippen molar-refractivity contribution in [1.29, 1.82) is 5.26 Å². The molecule has 0 unspecified atom stereocenters. The van der Waals surface area contributed by atoms with Crippen molar-refractivity contribution in [3.63, 3.8) is 0 Å². The molecule has 0 aliphatic rings. The molecule has 0 heterocycles. The van der Waals surface area contributed by atoms with Gasteiger partial charge in [0.15, 0.2) is 6.19 Å². The third kappa shape index (κ3) is 2.47. The molecule has 5 nitrogen and oxygen atoms in total. The summed E-state index contributed by atoms with van der Waals surface area (Å²) in [7, 11) is -4.30. The maximum atomic E-state index is 10.2. The average molecular weight is 150 g/mol. The summed E-state index contributed by atoms with van der Waals surface area (Å²) in [6, 6.07) is 0. The molecule has 0 aliphatic carbocycles. The highest BCUT2D eigenvalue weighted by atomic mass is 31.2. The molecule has 2 N–H and O–H groups in total. The van der Waals surface area contributed by atoms with Crippen molar-refractivity contribution in [2.24, 2.45) is 0 Å². The highest BCUT2D eigenvalue weighted by Crippen LogP contribution is 2.38. The van der Waals surface area contributed by atoms with Crippen LogP contribution in [0.3, 0.4) is 0 Å². The van der Waals surface area contributed by atoms with Gasteiger partial charge in [0.1, 0.15) is 0 Å². The zero-order chi connectivity index (χ0) is 7.49. The van der Waals surface area contributed by atoms with Crippen molar-refractivity contribution in [2.45, 2.75) is 6.92 Å². The minimum atomic E-state index is -4.30. The van der Waals surface area contributed by atoms with E-state index >= 15 is 0 Å². The highest BCUT2D eigenvalue weighted by Gasteiger charge is 2.21. The molecule has 0 bridgehead atoms. The van der Waals surface area contributed by atoms with E-state index in [0.717, 1.165) is 0 Å².